The van der Waals surface area contributed by atoms with Crippen LogP contribution in [-0.4, -0.2) is 54.6 Å². The van der Waals surface area contributed by atoms with Crippen molar-refractivity contribution in [2.24, 2.45) is 0 Å². The molecule has 2 aromatic rings. The van der Waals surface area contributed by atoms with Crippen molar-refractivity contribution in [2.75, 3.05) is 32.7 Å². The van der Waals surface area contributed by atoms with Gasteiger partial charge in [-0.1, -0.05) is 72.8 Å². The van der Waals surface area contributed by atoms with Gasteiger partial charge in [0.2, 0.25) is 0 Å². The first-order valence-electron chi connectivity index (χ1n) is 10.2. The van der Waals surface area contributed by atoms with E-state index >= 15 is 0 Å². The molecule has 2 amide bonds. The normalized spacial score (nSPS) is 16.2. The summed E-state index contributed by atoms with van der Waals surface area (Å²) in [4.78, 5) is 16.8. The Bertz CT molecular complexity index is 737. The van der Waals surface area contributed by atoms with Crippen molar-refractivity contribution in [3.05, 3.63) is 77.9 Å². The number of nitrogens with zero attached hydrogens (tertiary/aromatic N) is 2. The number of rotatable bonds is 7. The van der Waals surface area contributed by atoms with Gasteiger partial charge >= 0.3 is 6.03 Å². The zero-order valence-electron chi connectivity index (χ0n) is 16.8. The largest absolute Gasteiger partial charge is 0.336 e. The van der Waals surface area contributed by atoms with Crippen molar-refractivity contribution < 1.29 is 4.79 Å². The van der Waals surface area contributed by atoms with Gasteiger partial charge in [-0.2, -0.15) is 0 Å². The molecule has 1 saturated heterocycles. The minimum Gasteiger partial charge on any atom is -0.336 e. The molecule has 1 aliphatic heterocycles. The van der Waals surface area contributed by atoms with Crippen LogP contribution in [0.4, 0.5) is 4.79 Å². The van der Waals surface area contributed by atoms with Gasteiger partial charge in [0, 0.05) is 38.8 Å². The van der Waals surface area contributed by atoms with Crippen LogP contribution in [0, 0.1) is 0 Å². The average Bonchev–Trinajstić information content (AvgIpc) is 2.74. The van der Waals surface area contributed by atoms with Gasteiger partial charge in [0.15, 0.2) is 0 Å². The molecule has 1 fully saturated rings. The van der Waals surface area contributed by atoms with Crippen LogP contribution >= 0.6 is 0 Å². The van der Waals surface area contributed by atoms with Crippen molar-refractivity contribution in [2.45, 2.75) is 25.8 Å². The lowest BCUT2D eigenvalue weighted by Gasteiger charge is -2.34. The fraction of sp³-hybridized carbons (Fsp3) is 0.375. The van der Waals surface area contributed by atoms with Crippen LogP contribution in [0.25, 0.3) is 6.08 Å². The van der Waals surface area contributed by atoms with Gasteiger partial charge in [0.1, 0.15) is 0 Å². The third-order valence-electron chi connectivity index (χ3n) is 5.21. The van der Waals surface area contributed by atoms with Gasteiger partial charge in [-0.3, -0.25) is 4.90 Å². The molecule has 2 aromatic carbocycles. The van der Waals surface area contributed by atoms with Crippen molar-refractivity contribution in [1.29, 1.82) is 0 Å². The van der Waals surface area contributed by atoms with Crippen molar-refractivity contribution in [3.8, 4) is 0 Å². The van der Waals surface area contributed by atoms with E-state index < -0.39 is 0 Å². The molecule has 1 atom stereocenters. The van der Waals surface area contributed by atoms with Gasteiger partial charge in [-0.05, 0) is 30.9 Å². The molecule has 1 N–H and O–H groups in total. The molecule has 0 spiro atoms. The Hall–Kier alpha value is -2.59. The SMILES string of the molecule is CC(CCc1ccccc1)NC(=O)N1CCN(C/C=C/c2ccccc2)CC1. The number of urea groups is 1. The zero-order valence-corrected chi connectivity index (χ0v) is 16.8. The monoisotopic (exact) mass is 377 g/mol. The molecule has 4 nitrogen and oxygen atoms in total. The van der Waals surface area contributed by atoms with E-state index in [-0.39, 0.29) is 12.1 Å². The molecular formula is C24H31N3O. The highest BCUT2D eigenvalue weighted by molar-refractivity contribution is 5.74. The number of carbonyl (C=O) groups excluding carboxylic acids is 1. The highest BCUT2D eigenvalue weighted by atomic mass is 16.2. The number of hydrogen-bond acceptors (Lipinski definition) is 2. The van der Waals surface area contributed by atoms with Crippen molar-refractivity contribution in [3.63, 3.8) is 0 Å². The van der Waals surface area contributed by atoms with Gasteiger partial charge < -0.3 is 10.2 Å². The van der Waals surface area contributed by atoms with E-state index in [4.69, 9.17) is 0 Å². The third kappa shape index (κ3) is 6.54. The number of hydrogen-bond donors (Lipinski definition) is 1. The maximum Gasteiger partial charge on any atom is 0.317 e. The van der Waals surface area contributed by atoms with E-state index in [9.17, 15) is 4.79 Å². The third-order valence-corrected chi connectivity index (χ3v) is 5.21. The lowest BCUT2D eigenvalue weighted by atomic mass is 10.1. The number of piperazine rings is 1. The molecule has 0 aliphatic carbocycles. The highest BCUT2D eigenvalue weighted by Gasteiger charge is 2.21. The van der Waals surface area contributed by atoms with E-state index in [1.54, 1.807) is 0 Å². The van der Waals surface area contributed by atoms with Crippen molar-refractivity contribution >= 4 is 12.1 Å². The van der Waals surface area contributed by atoms with Crippen LogP contribution in [0.2, 0.25) is 0 Å². The molecule has 1 aliphatic rings. The van der Waals surface area contributed by atoms with Crippen LogP contribution in [0.5, 0.6) is 0 Å². The topological polar surface area (TPSA) is 35.6 Å². The summed E-state index contributed by atoms with van der Waals surface area (Å²) in [6, 6.07) is 21.0. The number of benzene rings is 2. The first-order chi connectivity index (χ1) is 13.7. The quantitative estimate of drug-likeness (QED) is 0.790. The van der Waals surface area contributed by atoms with E-state index in [0.29, 0.717) is 0 Å². The Morgan fingerprint density at radius 1 is 1.00 bits per heavy atom. The zero-order chi connectivity index (χ0) is 19.6. The van der Waals surface area contributed by atoms with Gasteiger partial charge in [0.05, 0.1) is 0 Å². The fourth-order valence-electron chi connectivity index (χ4n) is 3.44. The molecule has 4 heteroatoms. The first kappa shape index (κ1) is 20.2. The molecule has 0 saturated carbocycles. The van der Waals surface area contributed by atoms with Crippen molar-refractivity contribution in [1.82, 2.24) is 15.1 Å². The summed E-state index contributed by atoms with van der Waals surface area (Å²) in [7, 11) is 0. The number of nitrogens with one attached hydrogen (secondary N) is 1. The van der Waals surface area contributed by atoms with Crippen LogP contribution in [0.3, 0.4) is 0 Å². The number of amides is 2. The molecule has 148 valence electrons. The maximum absolute atomic E-state index is 12.5. The van der Waals surface area contributed by atoms with Crippen LogP contribution < -0.4 is 5.32 Å². The van der Waals surface area contributed by atoms with E-state index in [1.807, 2.05) is 17.0 Å². The van der Waals surface area contributed by atoms with E-state index in [2.05, 4.69) is 77.8 Å². The Balaban J connectivity index is 1.34. The second-order valence-electron chi connectivity index (χ2n) is 7.48. The summed E-state index contributed by atoms with van der Waals surface area (Å²) in [5, 5.41) is 3.15. The summed E-state index contributed by atoms with van der Waals surface area (Å²) in [5.74, 6) is 0. The minimum atomic E-state index is 0.0695. The van der Waals surface area contributed by atoms with Crippen LogP contribution in [0.1, 0.15) is 24.5 Å². The van der Waals surface area contributed by atoms with Gasteiger partial charge in [0.25, 0.3) is 0 Å². The second kappa shape index (κ2) is 10.7. The number of aryl methyl sites for hydroxylation is 1. The Morgan fingerprint density at radius 2 is 1.64 bits per heavy atom. The molecule has 0 bridgehead atoms. The summed E-state index contributed by atoms with van der Waals surface area (Å²) < 4.78 is 0. The Labute approximate surface area is 168 Å². The summed E-state index contributed by atoms with van der Waals surface area (Å²) in [6.45, 7) is 6.44. The highest BCUT2D eigenvalue weighted by Crippen LogP contribution is 2.07. The maximum atomic E-state index is 12.5. The second-order valence-corrected chi connectivity index (χ2v) is 7.48. The lowest BCUT2D eigenvalue weighted by Crippen LogP contribution is -2.53. The Morgan fingerprint density at radius 3 is 2.32 bits per heavy atom. The van der Waals surface area contributed by atoms with Gasteiger partial charge in [-0.25, -0.2) is 4.79 Å². The smallest absolute Gasteiger partial charge is 0.317 e. The molecule has 1 heterocycles. The molecule has 3 rings (SSSR count). The predicted octanol–water partition coefficient (Wildman–Crippen LogP) is 4.05. The number of carbonyl (C=O) groups is 1. The predicted molar refractivity (Wildman–Crippen MR) is 116 cm³/mol. The molecular weight excluding hydrogens is 346 g/mol. The van der Waals surface area contributed by atoms with Gasteiger partial charge in [-0.15, -0.1) is 0 Å². The summed E-state index contributed by atoms with van der Waals surface area (Å²) >= 11 is 0. The molecule has 0 aromatic heterocycles. The minimum absolute atomic E-state index is 0.0695. The average molecular weight is 378 g/mol. The fourth-order valence-corrected chi connectivity index (χ4v) is 3.44. The molecule has 28 heavy (non-hydrogen) atoms. The Kier molecular flexibility index (Phi) is 7.68. The van der Waals surface area contributed by atoms with Crippen LogP contribution in [0.15, 0.2) is 66.7 Å². The van der Waals surface area contributed by atoms with E-state index in [0.717, 1.165) is 45.6 Å². The molecule has 0 radical (unpaired) electrons. The molecule has 1 unspecified atom stereocenters. The first-order valence-corrected chi connectivity index (χ1v) is 10.2. The summed E-state index contributed by atoms with van der Waals surface area (Å²) in [6.07, 6.45) is 6.31. The van der Waals surface area contributed by atoms with E-state index in [1.165, 1.54) is 11.1 Å². The summed E-state index contributed by atoms with van der Waals surface area (Å²) in [5.41, 5.74) is 2.55. The lowest BCUT2D eigenvalue weighted by molar-refractivity contribution is 0.144. The van der Waals surface area contributed by atoms with Crippen LogP contribution in [-0.2, 0) is 6.42 Å². The standard InChI is InChI=1S/C24H31N3O/c1-21(14-15-23-11-6-3-7-12-23)25-24(28)27-19-17-26(18-20-27)16-8-13-22-9-4-2-5-10-22/h2-13,21H,14-20H2,1H3,(H,25,28)/b13-8+.